The normalized spacial score (nSPS) is 15.0. The van der Waals surface area contributed by atoms with Gasteiger partial charge in [0.25, 0.3) is 5.91 Å². The number of carbonyl (C=O) groups is 2. The maximum atomic E-state index is 12.9. The molecule has 1 amide bonds. The highest BCUT2D eigenvalue weighted by Gasteiger charge is 2.26. The first-order chi connectivity index (χ1) is 13.8. The Bertz CT molecular complexity index is 1010. The molecule has 1 fully saturated rings. The quantitative estimate of drug-likeness (QED) is 0.596. The number of rotatable bonds is 5. The van der Waals surface area contributed by atoms with Crippen LogP contribution in [-0.4, -0.2) is 37.7 Å². The number of ether oxygens (including phenoxy) is 1. The summed E-state index contributed by atoms with van der Waals surface area (Å²) < 4.78 is 32.3. The number of anilines is 1. The largest absolute Gasteiger partial charge is 0.427 e. The van der Waals surface area contributed by atoms with Crippen LogP contribution < -0.4 is 10.1 Å². The molecule has 1 N–H and O–H groups in total. The van der Waals surface area contributed by atoms with Crippen LogP contribution in [0.25, 0.3) is 0 Å². The Labute approximate surface area is 170 Å². The third-order valence-corrected chi connectivity index (χ3v) is 6.68. The fourth-order valence-electron chi connectivity index (χ4n) is 3.19. The third kappa shape index (κ3) is 5.02. The van der Waals surface area contributed by atoms with Gasteiger partial charge < -0.3 is 10.1 Å². The molecule has 29 heavy (non-hydrogen) atoms. The molecule has 0 saturated carbocycles. The van der Waals surface area contributed by atoms with Crippen molar-refractivity contribution in [1.29, 1.82) is 0 Å². The zero-order valence-electron chi connectivity index (χ0n) is 16.5. The summed E-state index contributed by atoms with van der Waals surface area (Å²) in [6, 6.07) is 10.9. The van der Waals surface area contributed by atoms with Gasteiger partial charge in [-0.05, 0) is 61.7 Å². The van der Waals surface area contributed by atoms with Crippen molar-refractivity contribution >= 4 is 27.6 Å². The minimum absolute atomic E-state index is 0.172. The molecule has 0 aliphatic carbocycles. The van der Waals surface area contributed by atoms with Crippen LogP contribution in [0.4, 0.5) is 5.69 Å². The minimum atomic E-state index is -3.59. The minimum Gasteiger partial charge on any atom is -0.427 e. The fraction of sp³-hybridized carbons (Fsp3) is 0.333. The number of sulfonamides is 1. The molecule has 1 aliphatic rings. The van der Waals surface area contributed by atoms with Gasteiger partial charge in [-0.2, -0.15) is 4.31 Å². The average Bonchev–Trinajstić information content (AvgIpc) is 2.70. The van der Waals surface area contributed by atoms with Gasteiger partial charge in [-0.25, -0.2) is 8.42 Å². The van der Waals surface area contributed by atoms with Crippen molar-refractivity contribution in [2.45, 2.75) is 38.0 Å². The maximum absolute atomic E-state index is 12.9. The average molecular weight is 416 g/mol. The SMILES string of the molecule is CC(=O)Oc1ccc(C(=O)Nc2cc(S(=O)(=O)N3CCCCC3)ccc2C)cc1. The summed E-state index contributed by atoms with van der Waals surface area (Å²) in [6.45, 7) is 4.14. The molecule has 1 aliphatic heterocycles. The summed E-state index contributed by atoms with van der Waals surface area (Å²) >= 11 is 0. The summed E-state index contributed by atoms with van der Waals surface area (Å²) in [4.78, 5) is 23.7. The van der Waals surface area contributed by atoms with Gasteiger partial charge in [-0.1, -0.05) is 12.5 Å². The van der Waals surface area contributed by atoms with Crippen LogP contribution >= 0.6 is 0 Å². The van der Waals surface area contributed by atoms with Crippen LogP contribution in [0.1, 0.15) is 42.1 Å². The van der Waals surface area contributed by atoms with E-state index in [4.69, 9.17) is 4.74 Å². The molecular weight excluding hydrogens is 392 g/mol. The van der Waals surface area contributed by atoms with E-state index in [0.717, 1.165) is 24.8 Å². The number of nitrogens with one attached hydrogen (secondary N) is 1. The van der Waals surface area contributed by atoms with Crippen molar-refractivity contribution in [2.75, 3.05) is 18.4 Å². The summed E-state index contributed by atoms with van der Waals surface area (Å²) in [5.41, 5.74) is 1.56. The number of amides is 1. The number of piperidine rings is 1. The van der Waals surface area contributed by atoms with Crippen molar-refractivity contribution in [3.05, 3.63) is 53.6 Å². The topological polar surface area (TPSA) is 92.8 Å². The molecular formula is C21H24N2O5S. The van der Waals surface area contributed by atoms with E-state index in [1.54, 1.807) is 19.1 Å². The van der Waals surface area contributed by atoms with Gasteiger partial charge in [0.1, 0.15) is 5.75 Å². The Hall–Kier alpha value is -2.71. The predicted molar refractivity (Wildman–Crippen MR) is 109 cm³/mol. The first-order valence-corrected chi connectivity index (χ1v) is 10.9. The highest BCUT2D eigenvalue weighted by Crippen LogP contribution is 2.25. The molecule has 0 atom stereocenters. The zero-order chi connectivity index (χ0) is 21.0. The Morgan fingerprint density at radius 3 is 2.28 bits per heavy atom. The van der Waals surface area contributed by atoms with Crippen LogP contribution in [0.3, 0.4) is 0 Å². The molecule has 0 spiro atoms. The van der Waals surface area contributed by atoms with Crippen LogP contribution in [-0.2, 0) is 14.8 Å². The number of hydrogen-bond donors (Lipinski definition) is 1. The number of nitrogens with zero attached hydrogens (tertiary/aromatic N) is 1. The molecule has 2 aromatic carbocycles. The summed E-state index contributed by atoms with van der Waals surface area (Å²) in [5, 5.41) is 2.77. The highest BCUT2D eigenvalue weighted by molar-refractivity contribution is 7.89. The van der Waals surface area contributed by atoms with Crippen LogP contribution in [0, 0.1) is 6.92 Å². The van der Waals surface area contributed by atoms with Gasteiger partial charge in [0.15, 0.2) is 0 Å². The van der Waals surface area contributed by atoms with Gasteiger partial charge >= 0.3 is 5.97 Å². The Morgan fingerprint density at radius 2 is 1.66 bits per heavy atom. The standard InChI is InChI=1S/C21H24N2O5S/c1-15-6-11-19(29(26,27)23-12-4-3-5-13-23)14-20(15)22-21(25)17-7-9-18(10-8-17)28-16(2)24/h6-11,14H,3-5,12-13H2,1-2H3,(H,22,25). The zero-order valence-corrected chi connectivity index (χ0v) is 17.3. The fourth-order valence-corrected chi connectivity index (χ4v) is 4.73. The predicted octanol–water partition coefficient (Wildman–Crippen LogP) is 3.35. The molecule has 154 valence electrons. The lowest BCUT2D eigenvalue weighted by Crippen LogP contribution is -2.35. The number of carbonyl (C=O) groups excluding carboxylic acids is 2. The van der Waals surface area contributed by atoms with E-state index in [1.165, 1.54) is 41.6 Å². The molecule has 0 unspecified atom stereocenters. The second-order valence-corrected chi connectivity index (χ2v) is 8.95. The Balaban J connectivity index is 1.79. The molecule has 0 aromatic heterocycles. The second-order valence-electron chi connectivity index (χ2n) is 7.01. The summed E-state index contributed by atoms with van der Waals surface area (Å²) in [6.07, 6.45) is 2.76. The number of aryl methyl sites for hydroxylation is 1. The molecule has 1 heterocycles. The van der Waals surface area contributed by atoms with Crippen LogP contribution in [0.5, 0.6) is 5.75 Å². The molecule has 0 radical (unpaired) electrons. The first kappa shape index (κ1) is 21.0. The smallest absolute Gasteiger partial charge is 0.308 e. The van der Waals surface area contributed by atoms with Crippen molar-refractivity contribution in [1.82, 2.24) is 4.31 Å². The molecule has 8 heteroatoms. The van der Waals surface area contributed by atoms with E-state index in [1.807, 2.05) is 0 Å². The lowest BCUT2D eigenvalue weighted by molar-refractivity contribution is -0.131. The van der Waals surface area contributed by atoms with E-state index in [0.29, 0.717) is 30.1 Å². The van der Waals surface area contributed by atoms with Gasteiger partial charge in [0.05, 0.1) is 4.90 Å². The first-order valence-electron chi connectivity index (χ1n) is 9.48. The Morgan fingerprint density at radius 1 is 1.00 bits per heavy atom. The number of benzene rings is 2. The number of esters is 1. The van der Waals surface area contributed by atoms with Gasteiger partial charge in [0.2, 0.25) is 10.0 Å². The van der Waals surface area contributed by atoms with Crippen LogP contribution in [0.15, 0.2) is 47.4 Å². The van der Waals surface area contributed by atoms with E-state index in [-0.39, 0.29) is 10.8 Å². The van der Waals surface area contributed by atoms with Crippen molar-refractivity contribution in [2.24, 2.45) is 0 Å². The molecule has 0 bridgehead atoms. The van der Waals surface area contributed by atoms with Gasteiger partial charge in [0, 0.05) is 31.3 Å². The monoisotopic (exact) mass is 416 g/mol. The van der Waals surface area contributed by atoms with E-state index >= 15 is 0 Å². The van der Waals surface area contributed by atoms with Gasteiger partial charge in [-0.3, -0.25) is 9.59 Å². The summed E-state index contributed by atoms with van der Waals surface area (Å²) in [5.74, 6) is -0.473. The lowest BCUT2D eigenvalue weighted by Gasteiger charge is -2.26. The second kappa shape index (κ2) is 8.75. The Kier molecular flexibility index (Phi) is 6.34. The maximum Gasteiger partial charge on any atom is 0.308 e. The highest BCUT2D eigenvalue weighted by atomic mass is 32.2. The van der Waals surface area contributed by atoms with Crippen LogP contribution in [0.2, 0.25) is 0 Å². The van der Waals surface area contributed by atoms with Crippen molar-refractivity contribution < 1.29 is 22.7 Å². The van der Waals surface area contributed by atoms with E-state index in [9.17, 15) is 18.0 Å². The molecule has 2 aromatic rings. The molecule has 7 nitrogen and oxygen atoms in total. The van der Waals surface area contributed by atoms with E-state index < -0.39 is 16.0 Å². The van der Waals surface area contributed by atoms with Gasteiger partial charge in [-0.15, -0.1) is 0 Å². The lowest BCUT2D eigenvalue weighted by atomic mass is 10.1. The van der Waals surface area contributed by atoms with Crippen molar-refractivity contribution in [3.63, 3.8) is 0 Å². The summed E-state index contributed by atoms with van der Waals surface area (Å²) in [7, 11) is -3.59. The third-order valence-electron chi connectivity index (χ3n) is 4.79. The number of hydrogen-bond acceptors (Lipinski definition) is 5. The molecule has 3 rings (SSSR count). The molecule has 1 saturated heterocycles. The van der Waals surface area contributed by atoms with E-state index in [2.05, 4.69) is 5.32 Å². The van der Waals surface area contributed by atoms with Crippen molar-refractivity contribution in [3.8, 4) is 5.75 Å².